The largest absolute Gasteiger partial charge is 0.417 e. The molecule has 1 fully saturated rings. The number of allylic oxidation sites excluding steroid dienone is 1. The molecule has 1 aliphatic carbocycles. The van der Waals surface area contributed by atoms with Crippen LogP contribution in [0, 0.1) is 5.41 Å². The van der Waals surface area contributed by atoms with Crippen molar-refractivity contribution in [3.05, 3.63) is 73.7 Å². The molecule has 1 saturated carbocycles. The fraction of sp³-hybridized carbons (Fsp3) is 0.360. The minimum atomic E-state index is -5.07. The molecule has 40 heavy (non-hydrogen) atoms. The molecule has 0 spiro atoms. The molecule has 0 saturated heterocycles. The molecule has 3 rings (SSSR count). The normalized spacial score (nSPS) is 16.2. The van der Waals surface area contributed by atoms with E-state index in [0.29, 0.717) is 12.1 Å². The monoisotopic (exact) mass is 655 g/mol. The highest BCUT2D eigenvalue weighted by Gasteiger charge is 2.49. The van der Waals surface area contributed by atoms with Gasteiger partial charge in [-0.3, -0.25) is 4.79 Å². The van der Waals surface area contributed by atoms with Crippen LogP contribution in [0.25, 0.3) is 6.08 Å². The van der Waals surface area contributed by atoms with Gasteiger partial charge in [0.1, 0.15) is 6.54 Å². The second kappa shape index (κ2) is 11.7. The van der Waals surface area contributed by atoms with E-state index in [2.05, 4.69) is 0 Å². The van der Waals surface area contributed by atoms with Gasteiger partial charge in [-0.2, -0.15) is 39.5 Å². The first-order valence-electron chi connectivity index (χ1n) is 11.2. The molecule has 0 aromatic heterocycles. The maximum Gasteiger partial charge on any atom is 0.417 e. The highest BCUT2D eigenvalue weighted by Crippen LogP contribution is 2.51. The smallest absolute Gasteiger partial charge is 0.371 e. The fourth-order valence-electron chi connectivity index (χ4n) is 3.92. The lowest BCUT2D eigenvalue weighted by atomic mass is 9.91. The predicted octanol–water partition coefficient (Wildman–Crippen LogP) is 9.86. The number of thiocarbonyl (C=S) groups is 1. The number of hydrogen-bond donors (Lipinski definition) is 1. The lowest BCUT2D eigenvalue weighted by Crippen LogP contribution is -2.38. The molecule has 1 aliphatic rings. The number of hydrogen-bond acceptors (Lipinski definition) is 2. The molecular weight excluding hydrogens is 640 g/mol. The summed E-state index contributed by atoms with van der Waals surface area (Å²) in [4.78, 5) is 12.6. The summed E-state index contributed by atoms with van der Waals surface area (Å²) in [6.07, 6.45) is -13.3. The van der Waals surface area contributed by atoms with Gasteiger partial charge >= 0.3 is 18.5 Å². The van der Waals surface area contributed by atoms with Crippen LogP contribution in [-0.2, 0) is 6.18 Å². The maximum atomic E-state index is 13.9. The number of rotatable bonds is 8. The van der Waals surface area contributed by atoms with E-state index in [0.717, 1.165) is 30.3 Å². The average molecular weight is 657 g/mol. The number of carbonyl (C=O) groups is 1. The minimum Gasteiger partial charge on any atom is -0.371 e. The Kier molecular flexibility index (Phi) is 9.50. The van der Waals surface area contributed by atoms with Crippen molar-refractivity contribution in [2.24, 2.45) is 5.41 Å². The average Bonchev–Trinajstić information content (AvgIpc) is 3.59. The molecule has 218 valence electrons. The standard InChI is InChI=1S/C25H17Cl3F9NOS/c26-17-8-13(9-18(27)20(17)28)15(24(32,33)34)4-2-12-1-3-14(16(7-12)25(35,36)37)19(39)10-22(5-6-22)21(40)38-11-23(29,30)31/h1-4,7-9,15H,5-6,10-11H2,(H,38,40)/b4-2+. The van der Waals surface area contributed by atoms with Gasteiger partial charge in [0.25, 0.3) is 0 Å². The van der Waals surface area contributed by atoms with E-state index in [9.17, 15) is 44.3 Å². The molecular formula is C25H17Cl3F9NOS. The first kappa shape index (κ1) is 32.5. The Balaban J connectivity index is 1.90. The quantitative estimate of drug-likeness (QED) is 0.133. The molecule has 2 nitrogen and oxygen atoms in total. The molecule has 2 aromatic rings. The van der Waals surface area contributed by atoms with Crippen molar-refractivity contribution in [2.45, 2.75) is 43.7 Å². The number of carbonyl (C=O) groups excluding carboxylic acids is 1. The fourth-order valence-corrected chi connectivity index (χ4v) is 4.88. The van der Waals surface area contributed by atoms with E-state index >= 15 is 0 Å². The molecule has 1 N–H and O–H groups in total. The Morgan fingerprint density at radius 3 is 2.02 bits per heavy atom. The van der Waals surface area contributed by atoms with Crippen molar-refractivity contribution in [2.75, 3.05) is 6.54 Å². The lowest BCUT2D eigenvalue weighted by Gasteiger charge is -2.20. The van der Waals surface area contributed by atoms with Gasteiger partial charge in [-0.05, 0) is 42.2 Å². The van der Waals surface area contributed by atoms with Crippen molar-refractivity contribution in [3.8, 4) is 0 Å². The summed E-state index contributed by atoms with van der Waals surface area (Å²) in [6, 6.07) is 4.21. The minimum absolute atomic E-state index is 0.170. The zero-order valence-corrected chi connectivity index (χ0v) is 22.9. The van der Waals surface area contributed by atoms with Crippen LogP contribution < -0.4 is 5.32 Å². The SMILES string of the molecule is O=C(CC1(C(=S)NCC(F)(F)F)CC1)c1ccc(/C=C/C(c2cc(Cl)c(Cl)c(Cl)c2)C(F)(F)F)cc1C(F)(F)F. The Labute approximate surface area is 242 Å². The van der Waals surface area contributed by atoms with Gasteiger partial charge in [0.05, 0.1) is 31.5 Å². The predicted molar refractivity (Wildman–Crippen MR) is 138 cm³/mol. The molecule has 2 aromatic carbocycles. The van der Waals surface area contributed by atoms with Crippen LogP contribution in [-0.4, -0.2) is 29.7 Å². The van der Waals surface area contributed by atoms with E-state index in [-0.39, 0.29) is 38.5 Å². The highest BCUT2D eigenvalue weighted by atomic mass is 35.5. The first-order valence-corrected chi connectivity index (χ1v) is 12.8. The van der Waals surface area contributed by atoms with Crippen molar-refractivity contribution in [1.29, 1.82) is 0 Å². The van der Waals surface area contributed by atoms with Crippen LogP contribution in [0.2, 0.25) is 15.1 Å². The maximum absolute atomic E-state index is 13.9. The number of nitrogens with one attached hydrogen (secondary N) is 1. The van der Waals surface area contributed by atoms with Gasteiger partial charge in [-0.25, -0.2) is 0 Å². The van der Waals surface area contributed by atoms with E-state index in [4.69, 9.17) is 47.0 Å². The summed E-state index contributed by atoms with van der Waals surface area (Å²) >= 11 is 22.4. The second-order valence-corrected chi connectivity index (χ2v) is 10.8. The van der Waals surface area contributed by atoms with Crippen LogP contribution >= 0.6 is 47.0 Å². The van der Waals surface area contributed by atoms with Gasteiger partial charge in [-0.15, -0.1) is 0 Å². The molecule has 0 bridgehead atoms. The van der Waals surface area contributed by atoms with Crippen molar-refractivity contribution < 1.29 is 44.3 Å². The molecule has 0 radical (unpaired) electrons. The Morgan fingerprint density at radius 1 is 0.975 bits per heavy atom. The molecule has 0 amide bonds. The van der Waals surface area contributed by atoms with E-state index in [1.54, 1.807) is 0 Å². The summed E-state index contributed by atoms with van der Waals surface area (Å²) in [5.74, 6) is -3.33. The Morgan fingerprint density at radius 2 is 1.55 bits per heavy atom. The van der Waals surface area contributed by atoms with Crippen LogP contribution in [0.3, 0.4) is 0 Å². The number of benzene rings is 2. The van der Waals surface area contributed by atoms with Gasteiger partial charge in [0.15, 0.2) is 5.78 Å². The lowest BCUT2D eigenvalue weighted by molar-refractivity contribution is -0.139. The second-order valence-electron chi connectivity index (χ2n) is 9.16. The van der Waals surface area contributed by atoms with Crippen LogP contribution in [0.4, 0.5) is 39.5 Å². The Hall–Kier alpha value is -2.02. The van der Waals surface area contributed by atoms with Gasteiger partial charge in [0.2, 0.25) is 0 Å². The molecule has 0 aliphatic heterocycles. The molecule has 1 unspecified atom stereocenters. The van der Waals surface area contributed by atoms with Gasteiger partial charge in [0, 0.05) is 17.4 Å². The van der Waals surface area contributed by atoms with Crippen LogP contribution in [0.15, 0.2) is 36.4 Å². The molecule has 1 atom stereocenters. The number of halogens is 12. The van der Waals surface area contributed by atoms with Crippen molar-refractivity contribution in [1.82, 2.24) is 5.32 Å². The first-order chi connectivity index (χ1) is 18.2. The topological polar surface area (TPSA) is 29.1 Å². The van der Waals surface area contributed by atoms with Gasteiger partial charge in [-0.1, -0.05) is 71.3 Å². The molecule has 15 heteroatoms. The van der Waals surface area contributed by atoms with Crippen LogP contribution in [0.1, 0.15) is 52.2 Å². The van der Waals surface area contributed by atoms with Gasteiger partial charge < -0.3 is 5.32 Å². The summed E-state index contributed by atoms with van der Waals surface area (Å²) in [7, 11) is 0. The summed E-state index contributed by atoms with van der Waals surface area (Å²) in [5, 5.41) is 1.33. The number of ketones is 1. The number of Topliss-reactive ketones (excluding diaryl/α,β-unsaturated/α-hetero) is 1. The zero-order valence-electron chi connectivity index (χ0n) is 19.8. The van der Waals surface area contributed by atoms with Crippen molar-refractivity contribution >= 4 is 63.9 Å². The van der Waals surface area contributed by atoms with E-state index < -0.39 is 65.3 Å². The Bertz CT molecular complexity index is 1310. The number of alkyl halides is 9. The molecule has 0 heterocycles. The third kappa shape index (κ3) is 8.04. The summed E-state index contributed by atoms with van der Waals surface area (Å²) in [5.41, 5.74) is -4.09. The third-order valence-corrected chi connectivity index (χ3v) is 7.91. The summed E-state index contributed by atoms with van der Waals surface area (Å²) in [6.45, 7) is -1.45. The summed E-state index contributed by atoms with van der Waals surface area (Å²) < 4.78 is 120. The third-order valence-electron chi connectivity index (χ3n) is 6.13. The van der Waals surface area contributed by atoms with E-state index in [1.807, 2.05) is 5.32 Å². The van der Waals surface area contributed by atoms with Crippen LogP contribution in [0.5, 0.6) is 0 Å². The van der Waals surface area contributed by atoms with Crippen molar-refractivity contribution in [3.63, 3.8) is 0 Å². The van der Waals surface area contributed by atoms with E-state index in [1.165, 1.54) is 0 Å². The highest BCUT2D eigenvalue weighted by molar-refractivity contribution is 7.80. The zero-order chi connectivity index (χ0) is 30.3.